The van der Waals surface area contributed by atoms with E-state index in [-0.39, 0.29) is 17.6 Å². The molecule has 0 aliphatic rings. The van der Waals surface area contributed by atoms with Crippen LogP contribution in [0.5, 0.6) is 0 Å². The third-order valence-corrected chi connectivity index (χ3v) is 2.88. The van der Waals surface area contributed by atoms with Gasteiger partial charge in [-0.3, -0.25) is 0 Å². The first-order chi connectivity index (χ1) is 12.5. The third-order valence-electron chi connectivity index (χ3n) is 2.88. The molecular weight excluding hydrogens is 364 g/mol. The van der Waals surface area contributed by atoms with E-state index in [1.165, 1.54) is 20.8 Å². The number of hydrogen-bond donors (Lipinski definition) is 0. The third kappa shape index (κ3) is 7.43. The second kappa shape index (κ2) is 9.65. The van der Waals surface area contributed by atoms with E-state index < -0.39 is 35.9 Å². The van der Waals surface area contributed by atoms with Crippen molar-refractivity contribution in [2.24, 2.45) is 0 Å². The molecule has 0 saturated heterocycles. The molecule has 0 aromatic heterocycles. The molecule has 0 fully saturated rings. The summed E-state index contributed by atoms with van der Waals surface area (Å²) in [6, 6.07) is 8.46. The van der Waals surface area contributed by atoms with Gasteiger partial charge in [-0.2, -0.15) is 4.90 Å². The van der Waals surface area contributed by atoms with Crippen molar-refractivity contribution in [1.29, 1.82) is 0 Å². The number of allylic oxidation sites excluding steroid dienone is 1. The average Bonchev–Trinajstić information content (AvgIpc) is 2.57. The van der Waals surface area contributed by atoms with Gasteiger partial charge >= 0.3 is 18.2 Å². The minimum atomic E-state index is -3.13. The van der Waals surface area contributed by atoms with E-state index in [0.717, 1.165) is 7.11 Å². The van der Waals surface area contributed by atoms with Gasteiger partial charge < -0.3 is 14.2 Å². The molecule has 7 nitrogen and oxygen atoms in total. The van der Waals surface area contributed by atoms with E-state index in [9.17, 15) is 23.2 Å². The second-order valence-corrected chi connectivity index (χ2v) is 6.23. The van der Waals surface area contributed by atoms with Crippen molar-refractivity contribution in [3.8, 4) is 0 Å². The summed E-state index contributed by atoms with van der Waals surface area (Å²) in [6.45, 7) is 4.27. The smallest absolute Gasteiger partial charge is 0.424 e. The first-order valence-corrected chi connectivity index (χ1v) is 7.87. The fourth-order valence-electron chi connectivity index (χ4n) is 1.82. The molecule has 0 unspecified atom stereocenters. The van der Waals surface area contributed by atoms with Gasteiger partial charge in [0.2, 0.25) is 0 Å². The first-order valence-electron chi connectivity index (χ1n) is 7.87. The lowest BCUT2D eigenvalue weighted by atomic mass is 10.2. The van der Waals surface area contributed by atoms with Crippen molar-refractivity contribution in [1.82, 2.24) is 4.90 Å². The monoisotopic (exact) mass is 385 g/mol. The summed E-state index contributed by atoms with van der Waals surface area (Å²) < 4.78 is 40.1. The zero-order valence-corrected chi connectivity index (χ0v) is 15.4. The lowest BCUT2D eigenvalue weighted by molar-refractivity contribution is -0.138. The fourth-order valence-corrected chi connectivity index (χ4v) is 1.82. The van der Waals surface area contributed by atoms with Crippen LogP contribution in [0, 0.1) is 0 Å². The van der Waals surface area contributed by atoms with Crippen LogP contribution in [0.4, 0.5) is 18.4 Å². The summed E-state index contributed by atoms with van der Waals surface area (Å²) >= 11 is 0. The topological polar surface area (TPSA) is 82.1 Å². The SMILES string of the molecule is COC(=O)/C(=C/C(F)F)N(C(=O)OCc1ccccc1)C(=O)OC(C)(C)C. The molecule has 0 atom stereocenters. The Kier molecular flexibility index (Phi) is 7.89. The summed E-state index contributed by atoms with van der Waals surface area (Å²) in [4.78, 5) is 36.7. The predicted octanol–water partition coefficient (Wildman–Crippen LogP) is 3.88. The molecule has 0 heterocycles. The number of rotatable bonds is 5. The lowest BCUT2D eigenvalue weighted by Crippen LogP contribution is -2.43. The first kappa shape index (κ1) is 22.1. The number of nitrogens with zero attached hydrogens (tertiary/aromatic N) is 1. The number of ether oxygens (including phenoxy) is 3. The lowest BCUT2D eigenvalue weighted by Gasteiger charge is -2.26. The Hall–Kier alpha value is -2.97. The summed E-state index contributed by atoms with van der Waals surface area (Å²) in [5.41, 5.74) is -1.46. The maximum absolute atomic E-state index is 12.8. The van der Waals surface area contributed by atoms with Gasteiger partial charge in [-0.1, -0.05) is 30.3 Å². The fraction of sp³-hybridized carbons (Fsp3) is 0.389. The number of hydrogen-bond acceptors (Lipinski definition) is 6. The molecule has 2 amide bonds. The summed E-state index contributed by atoms with van der Waals surface area (Å²) in [7, 11) is 0.921. The zero-order chi connectivity index (χ0) is 20.6. The predicted molar refractivity (Wildman–Crippen MR) is 90.8 cm³/mol. The molecular formula is C18H21F2NO6. The van der Waals surface area contributed by atoms with E-state index in [4.69, 9.17) is 9.47 Å². The molecule has 0 N–H and O–H groups in total. The number of carbonyl (C=O) groups is 3. The molecule has 1 aromatic carbocycles. The van der Waals surface area contributed by atoms with Crippen LogP contribution in [0.15, 0.2) is 42.1 Å². The zero-order valence-electron chi connectivity index (χ0n) is 15.4. The van der Waals surface area contributed by atoms with Gasteiger partial charge in [0.15, 0.2) is 0 Å². The Morgan fingerprint density at radius 1 is 1.11 bits per heavy atom. The number of methoxy groups -OCH3 is 1. The summed E-state index contributed by atoms with van der Waals surface area (Å²) in [5, 5.41) is 0. The maximum atomic E-state index is 12.8. The Morgan fingerprint density at radius 2 is 1.70 bits per heavy atom. The number of carbonyl (C=O) groups excluding carboxylic acids is 3. The van der Waals surface area contributed by atoms with Crippen LogP contribution in [0.25, 0.3) is 0 Å². The van der Waals surface area contributed by atoms with E-state index in [1.807, 2.05) is 0 Å². The molecule has 0 aliphatic carbocycles. The standard InChI is InChI=1S/C18H21F2NO6/c1-18(2,3)27-17(24)21(13(10-14(19)20)15(22)25-4)16(23)26-11-12-8-6-5-7-9-12/h5-10,14H,11H2,1-4H3/b13-10-. The van der Waals surface area contributed by atoms with E-state index in [1.54, 1.807) is 30.3 Å². The minimum Gasteiger partial charge on any atom is -0.464 e. The molecule has 9 heteroatoms. The van der Waals surface area contributed by atoms with Crippen LogP contribution in [0.1, 0.15) is 26.3 Å². The molecule has 0 radical (unpaired) electrons. The molecule has 1 rings (SSSR count). The van der Waals surface area contributed by atoms with Crippen molar-refractivity contribution in [2.45, 2.75) is 39.4 Å². The number of benzene rings is 1. The highest BCUT2D eigenvalue weighted by molar-refractivity contribution is 6.01. The van der Waals surface area contributed by atoms with Gasteiger partial charge in [0.05, 0.1) is 7.11 Å². The van der Waals surface area contributed by atoms with Crippen LogP contribution in [0.3, 0.4) is 0 Å². The quantitative estimate of drug-likeness (QED) is 0.435. The Morgan fingerprint density at radius 3 is 2.19 bits per heavy atom. The Bertz CT molecular complexity index is 698. The highest BCUT2D eigenvalue weighted by atomic mass is 19.3. The molecule has 27 heavy (non-hydrogen) atoms. The van der Waals surface area contributed by atoms with Gasteiger partial charge in [0.1, 0.15) is 17.9 Å². The highest BCUT2D eigenvalue weighted by Gasteiger charge is 2.36. The number of amides is 2. The van der Waals surface area contributed by atoms with Crippen molar-refractivity contribution in [3.05, 3.63) is 47.7 Å². The van der Waals surface area contributed by atoms with Crippen molar-refractivity contribution < 1.29 is 37.4 Å². The number of alkyl halides is 2. The van der Waals surface area contributed by atoms with Crippen molar-refractivity contribution >= 4 is 18.2 Å². The van der Waals surface area contributed by atoms with Crippen LogP contribution < -0.4 is 0 Å². The largest absolute Gasteiger partial charge is 0.464 e. The highest BCUT2D eigenvalue weighted by Crippen LogP contribution is 2.18. The van der Waals surface area contributed by atoms with Crippen LogP contribution in [-0.4, -0.2) is 42.2 Å². The molecule has 0 bridgehead atoms. The number of imide groups is 1. The normalized spacial score (nSPS) is 11.7. The van der Waals surface area contributed by atoms with Gasteiger partial charge in [-0.05, 0) is 26.3 Å². The number of halogens is 2. The summed E-state index contributed by atoms with van der Waals surface area (Å²) in [6.07, 6.45) is -5.73. The van der Waals surface area contributed by atoms with Gasteiger partial charge in [-0.15, -0.1) is 0 Å². The van der Waals surface area contributed by atoms with Gasteiger partial charge in [-0.25, -0.2) is 23.2 Å². The molecule has 0 spiro atoms. The molecule has 0 aliphatic heterocycles. The summed E-state index contributed by atoms with van der Waals surface area (Å²) in [5.74, 6) is -1.32. The minimum absolute atomic E-state index is 0.0895. The molecule has 0 saturated carbocycles. The van der Waals surface area contributed by atoms with Crippen molar-refractivity contribution in [3.63, 3.8) is 0 Å². The molecule has 148 valence electrons. The average molecular weight is 385 g/mol. The Labute approximate surface area is 155 Å². The Balaban J connectivity index is 3.16. The maximum Gasteiger partial charge on any atom is 0.424 e. The van der Waals surface area contributed by atoms with E-state index in [2.05, 4.69) is 4.74 Å². The number of esters is 1. The molecule has 1 aromatic rings. The van der Waals surface area contributed by atoms with E-state index in [0.29, 0.717) is 5.56 Å². The van der Waals surface area contributed by atoms with Crippen LogP contribution in [0.2, 0.25) is 0 Å². The van der Waals surface area contributed by atoms with Crippen LogP contribution >= 0.6 is 0 Å². The second-order valence-electron chi connectivity index (χ2n) is 6.23. The van der Waals surface area contributed by atoms with Gasteiger partial charge in [0, 0.05) is 6.08 Å². The van der Waals surface area contributed by atoms with Crippen LogP contribution in [-0.2, 0) is 25.6 Å². The van der Waals surface area contributed by atoms with Gasteiger partial charge in [0.25, 0.3) is 6.43 Å². The van der Waals surface area contributed by atoms with E-state index >= 15 is 0 Å². The van der Waals surface area contributed by atoms with Crippen molar-refractivity contribution in [2.75, 3.05) is 7.11 Å².